The lowest BCUT2D eigenvalue weighted by molar-refractivity contribution is -0.116. The minimum Gasteiger partial charge on any atom is -0.381 e. The van der Waals surface area contributed by atoms with Gasteiger partial charge in [-0.3, -0.25) is 4.79 Å². The zero-order valence-electron chi connectivity index (χ0n) is 14.2. The van der Waals surface area contributed by atoms with Crippen molar-refractivity contribution in [2.75, 3.05) is 36.1 Å². The Hall–Kier alpha value is -2.96. The smallest absolute Gasteiger partial charge is 0.227 e. The van der Waals surface area contributed by atoms with Crippen LogP contribution in [0.3, 0.4) is 0 Å². The number of likely N-dealkylation sites (N-methyl/N-ethyl adjacent to an activating group) is 1. The van der Waals surface area contributed by atoms with Gasteiger partial charge < -0.3 is 21.3 Å². The van der Waals surface area contributed by atoms with Crippen LogP contribution in [0, 0.1) is 11.3 Å². The first-order valence-electron chi connectivity index (χ1n) is 7.91. The lowest BCUT2D eigenvalue weighted by Gasteiger charge is -2.16. The molecule has 0 saturated carbocycles. The summed E-state index contributed by atoms with van der Waals surface area (Å²) in [6, 6.07) is 3.86. The van der Waals surface area contributed by atoms with Crippen LogP contribution in [0.2, 0.25) is 0 Å². The number of halogens is 1. The number of nitrogens with zero attached hydrogens (tertiary/aromatic N) is 4. The maximum absolute atomic E-state index is 11.4. The normalized spacial score (nSPS) is 12.2. The Balaban J connectivity index is 0.00000243. The maximum atomic E-state index is 11.4. The van der Waals surface area contributed by atoms with Gasteiger partial charge in [0.2, 0.25) is 11.9 Å². The van der Waals surface area contributed by atoms with Crippen molar-refractivity contribution in [3.63, 3.8) is 0 Å². The maximum Gasteiger partial charge on any atom is 0.227 e. The van der Waals surface area contributed by atoms with E-state index in [1.54, 1.807) is 18.5 Å². The van der Waals surface area contributed by atoms with E-state index in [0.29, 0.717) is 48.1 Å². The highest BCUT2D eigenvalue weighted by atomic mass is 35.5. The van der Waals surface area contributed by atoms with E-state index in [-0.39, 0.29) is 18.3 Å². The minimum atomic E-state index is -0.0228. The summed E-state index contributed by atoms with van der Waals surface area (Å²) in [4.78, 5) is 24.2. The number of aromatic nitrogens is 3. The fraction of sp³-hybridized carbons (Fsp3) is 0.312. The molecule has 26 heavy (non-hydrogen) atoms. The van der Waals surface area contributed by atoms with E-state index in [1.165, 1.54) is 0 Å². The van der Waals surface area contributed by atoms with Crippen molar-refractivity contribution in [1.29, 1.82) is 5.26 Å². The fourth-order valence-electron chi connectivity index (χ4n) is 2.43. The lowest BCUT2D eigenvalue weighted by atomic mass is 10.1. The average molecular weight is 375 g/mol. The number of amides is 1. The van der Waals surface area contributed by atoms with Gasteiger partial charge in [-0.05, 0) is 13.1 Å². The van der Waals surface area contributed by atoms with E-state index >= 15 is 0 Å². The average Bonchev–Trinajstić information content (AvgIpc) is 2.62. The number of hydrogen-bond donors (Lipinski definition) is 4. The van der Waals surface area contributed by atoms with Gasteiger partial charge in [0.25, 0.3) is 0 Å². The molecule has 0 radical (unpaired) electrons. The van der Waals surface area contributed by atoms with Gasteiger partial charge in [-0.1, -0.05) is 0 Å². The first-order chi connectivity index (χ1) is 12.2. The molecule has 0 aromatic carbocycles. The molecule has 0 saturated heterocycles. The monoisotopic (exact) mass is 374 g/mol. The first kappa shape index (κ1) is 19.4. The van der Waals surface area contributed by atoms with E-state index < -0.39 is 0 Å². The minimum absolute atomic E-state index is 0. The molecule has 0 spiro atoms. The molecule has 2 aromatic rings. The van der Waals surface area contributed by atoms with Gasteiger partial charge in [-0.2, -0.15) is 5.26 Å². The second kappa shape index (κ2) is 8.94. The largest absolute Gasteiger partial charge is 0.381 e. The summed E-state index contributed by atoms with van der Waals surface area (Å²) in [6.45, 7) is 1.44. The quantitative estimate of drug-likeness (QED) is 0.559. The Kier molecular flexibility index (Phi) is 6.66. The summed E-state index contributed by atoms with van der Waals surface area (Å²) in [5.74, 6) is 0.396. The molecule has 3 heterocycles. The summed E-state index contributed by atoms with van der Waals surface area (Å²) in [7, 11) is 1.86. The summed E-state index contributed by atoms with van der Waals surface area (Å²) < 4.78 is 0. The highest BCUT2D eigenvalue weighted by Crippen LogP contribution is 2.23. The highest BCUT2D eigenvalue weighted by molar-refractivity contribution is 5.93. The van der Waals surface area contributed by atoms with E-state index in [2.05, 4.69) is 42.3 Å². The number of rotatable bonds is 6. The third-order valence-electron chi connectivity index (χ3n) is 3.67. The van der Waals surface area contributed by atoms with Crippen LogP contribution in [0.1, 0.15) is 17.8 Å². The molecule has 0 unspecified atom stereocenters. The molecule has 0 aliphatic carbocycles. The number of fused-ring (bicyclic) bond motifs is 1. The van der Waals surface area contributed by atoms with Crippen LogP contribution in [-0.4, -0.2) is 41.0 Å². The topological polar surface area (TPSA) is 128 Å². The van der Waals surface area contributed by atoms with Crippen LogP contribution in [0.4, 0.5) is 23.0 Å². The molecule has 10 heteroatoms. The molecular formula is C16H19ClN8O. The number of carbonyl (C=O) groups excluding carboxylic acids is 1. The number of anilines is 4. The fourth-order valence-corrected chi connectivity index (χ4v) is 2.43. The summed E-state index contributed by atoms with van der Waals surface area (Å²) in [5, 5.41) is 21.2. The van der Waals surface area contributed by atoms with E-state index in [1.807, 2.05) is 7.05 Å². The zero-order valence-corrected chi connectivity index (χ0v) is 15.0. The van der Waals surface area contributed by atoms with Gasteiger partial charge in [0.05, 0.1) is 35.1 Å². The molecular weight excluding hydrogens is 356 g/mol. The predicted molar refractivity (Wildman–Crippen MR) is 101 cm³/mol. The lowest BCUT2D eigenvalue weighted by Crippen LogP contribution is -2.20. The Morgan fingerprint density at radius 3 is 2.88 bits per heavy atom. The molecule has 2 aromatic heterocycles. The predicted octanol–water partition coefficient (Wildman–Crippen LogP) is 1.42. The number of aryl methyl sites for hydroxylation is 1. The highest BCUT2D eigenvalue weighted by Gasteiger charge is 2.17. The SMILES string of the molecule is CNCCNc1cc(Nc2ncc3c(n2)CCC(=O)N3)cnc1C#N.Cl. The summed E-state index contributed by atoms with van der Waals surface area (Å²) in [5.41, 5.74) is 3.09. The molecule has 4 N–H and O–H groups in total. The summed E-state index contributed by atoms with van der Waals surface area (Å²) >= 11 is 0. The molecule has 0 atom stereocenters. The van der Waals surface area contributed by atoms with Crippen molar-refractivity contribution in [2.45, 2.75) is 12.8 Å². The molecule has 0 bridgehead atoms. The third kappa shape index (κ3) is 4.56. The molecule has 1 amide bonds. The van der Waals surface area contributed by atoms with E-state index in [4.69, 9.17) is 5.26 Å². The molecule has 9 nitrogen and oxygen atoms in total. The van der Waals surface area contributed by atoms with Gasteiger partial charge in [0.1, 0.15) is 6.07 Å². The second-order valence-electron chi connectivity index (χ2n) is 5.49. The molecule has 1 aliphatic rings. The Bertz CT molecular complexity index is 835. The Morgan fingerprint density at radius 1 is 1.27 bits per heavy atom. The number of hydrogen-bond acceptors (Lipinski definition) is 8. The van der Waals surface area contributed by atoms with Crippen molar-refractivity contribution in [1.82, 2.24) is 20.3 Å². The Morgan fingerprint density at radius 2 is 2.12 bits per heavy atom. The number of pyridine rings is 1. The Labute approximate surface area is 157 Å². The van der Waals surface area contributed by atoms with Crippen LogP contribution in [-0.2, 0) is 11.2 Å². The van der Waals surface area contributed by atoms with Crippen molar-refractivity contribution >= 4 is 41.3 Å². The van der Waals surface area contributed by atoms with Gasteiger partial charge >= 0.3 is 0 Å². The number of carbonyl (C=O) groups is 1. The zero-order chi connectivity index (χ0) is 17.6. The standard InChI is InChI=1S/C16H18N8O.ClH/c1-18-4-5-19-12-6-10(8-20-13(12)7-17)22-16-21-9-14-11(24-16)2-3-15(25)23-14;/h6,8-9,18-19H,2-5H2,1H3,(H,23,25)(H,21,22,24);1H. The third-order valence-corrected chi connectivity index (χ3v) is 3.67. The van der Waals surface area contributed by atoms with Crippen LogP contribution in [0.15, 0.2) is 18.5 Å². The van der Waals surface area contributed by atoms with Crippen molar-refractivity contribution < 1.29 is 4.79 Å². The van der Waals surface area contributed by atoms with Crippen LogP contribution in [0.5, 0.6) is 0 Å². The van der Waals surface area contributed by atoms with Crippen LogP contribution >= 0.6 is 12.4 Å². The molecule has 136 valence electrons. The van der Waals surface area contributed by atoms with E-state index in [0.717, 1.165) is 12.2 Å². The first-order valence-corrected chi connectivity index (χ1v) is 7.91. The van der Waals surface area contributed by atoms with Crippen LogP contribution < -0.4 is 21.3 Å². The number of nitrogens with one attached hydrogen (secondary N) is 4. The summed E-state index contributed by atoms with van der Waals surface area (Å²) in [6.07, 6.45) is 4.15. The molecule has 1 aliphatic heterocycles. The molecule has 3 rings (SSSR count). The molecule has 0 fully saturated rings. The van der Waals surface area contributed by atoms with Gasteiger partial charge in [-0.25, -0.2) is 15.0 Å². The van der Waals surface area contributed by atoms with Crippen molar-refractivity contribution in [3.8, 4) is 6.07 Å². The van der Waals surface area contributed by atoms with Crippen LogP contribution in [0.25, 0.3) is 0 Å². The van der Waals surface area contributed by atoms with E-state index in [9.17, 15) is 4.79 Å². The van der Waals surface area contributed by atoms with Gasteiger partial charge in [0, 0.05) is 25.9 Å². The van der Waals surface area contributed by atoms with Gasteiger partial charge in [-0.15, -0.1) is 12.4 Å². The van der Waals surface area contributed by atoms with Crippen molar-refractivity contribution in [3.05, 3.63) is 29.8 Å². The van der Waals surface area contributed by atoms with Crippen molar-refractivity contribution in [2.24, 2.45) is 0 Å². The number of nitriles is 1. The second-order valence-corrected chi connectivity index (χ2v) is 5.49. The van der Waals surface area contributed by atoms with Gasteiger partial charge in [0.15, 0.2) is 5.69 Å².